The Morgan fingerprint density at radius 3 is 2.37 bits per heavy atom. The third kappa shape index (κ3) is 3.25. The van der Waals surface area contributed by atoms with E-state index in [1.807, 2.05) is 31.2 Å². The van der Waals surface area contributed by atoms with Gasteiger partial charge < -0.3 is 4.74 Å². The van der Waals surface area contributed by atoms with Gasteiger partial charge in [-0.3, -0.25) is 0 Å². The molecule has 0 aliphatic carbocycles. The lowest BCUT2D eigenvalue weighted by molar-refractivity contribution is 0.340. The highest BCUT2D eigenvalue weighted by Crippen LogP contribution is 2.25. The summed E-state index contributed by atoms with van der Waals surface area (Å²) < 4.78 is 5.50. The molecule has 0 fully saturated rings. The molecule has 0 N–H and O–H groups in total. The molecule has 0 aliphatic heterocycles. The minimum atomic E-state index is 0.661. The van der Waals surface area contributed by atoms with Crippen LogP contribution in [0.4, 0.5) is 0 Å². The van der Waals surface area contributed by atoms with E-state index in [0.29, 0.717) is 6.61 Å². The predicted octanol–water partition coefficient (Wildman–Crippen LogP) is 4.51. The molecule has 0 atom stereocenters. The van der Waals surface area contributed by atoms with E-state index in [9.17, 15) is 0 Å². The van der Waals surface area contributed by atoms with Gasteiger partial charge in [0.15, 0.2) is 0 Å². The number of aryl methyl sites for hydroxylation is 1. The summed E-state index contributed by atoms with van der Waals surface area (Å²) in [5, 5.41) is 0. The molecule has 0 bridgehead atoms. The zero-order chi connectivity index (χ0) is 13.7. The second-order valence-corrected chi connectivity index (χ2v) is 4.42. The number of hydrogen-bond donors (Lipinski definition) is 0. The van der Waals surface area contributed by atoms with Crippen molar-refractivity contribution in [2.24, 2.45) is 0 Å². The maximum Gasteiger partial charge on any atom is 0.119 e. The van der Waals surface area contributed by atoms with Crippen molar-refractivity contribution in [1.82, 2.24) is 0 Å². The molecule has 19 heavy (non-hydrogen) atoms. The van der Waals surface area contributed by atoms with Crippen LogP contribution in [-0.4, -0.2) is 6.61 Å². The van der Waals surface area contributed by atoms with Crippen LogP contribution in [0.1, 0.15) is 30.5 Å². The van der Waals surface area contributed by atoms with Crippen molar-refractivity contribution >= 4 is 5.57 Å². The molecule has 0 heterocycles. The van der Waals surface area contributed by atoms with Crippen molar-refractivity contribution in [3.05, 3.63) is 71.8 Å². The standard InChI is InChI=1S/C18H19O/c1-4-15-9-11-16(12-10-15)14(3)17-7-6-8-18(13-17)19-5-2/h3,6-13H,4-5H2,1-2H3. The lowest BCUT2D eigenvalue weighted by Gasteiger charge is -2.09. The Labute approximate surface area is 115 Å². The summed E-state index contributed by atoms with van der Waals surface area (Å²) in [5.41, 5.74) is 4.14. The molecule has 0 aromatic heterocycles. The van der Waals surface area contributed by atoms with E-state index >= 15 is 0 Å². The molecule has 1 radical (unpaired) electrons. The fraction of sp³-hybridized carbons (Fsp3) is 0.222. The van der Waals surface area contributed by atoms with Crippen LogP contribution in [0, 0.1) is 6.58 Å². The van der Waals surface area contributed by atoms with E-state index in [-0.39, 0.29) is 0 Å². The van der Waals surface area contributed by atoms with Gasteiger partial charge in [0, 0.05) is 0 Å². The van der Waals surface area contributed by atoms with E-state index in [4.69, 9.17) is 11.3 Å². The second kappa shape index (κ2) is 6.24. The van der Waals surface area contributed by atoms with Crippen LogP contribution in [0.15, 0.2) is 48.5 Å². The number of hydrogen-bond acceptors (Lipinski definition) is 1. The molecular weight excluding hydrogens is 232 g/mol. The monoisotopic (exact) mass is 251 g/mol. The van der Waals surface area contributed by atoms with Gasteiger partial charge >= 0.3 is 0 Å². The van der Waals surface area contributed by atoms with Gasteiger partial charge in [0.1, 0.15) is 5.75 Å². The van der Waals surface area contributed by atoms with Crippen LogP contribution < -0.4 is 4.74 Å². The average Bonchev–Trinajstić information content (AvgIpc) is 2.47. The molecule has 97 valence electrons. The first kappa shape index (κ1) is 13.4. The van der Waals surface area contributed by atoms with Gasteiger partial charge in [-0.05, 0) is 47.7 Å². The SMILES string of the molecule is [CH]=C(c1ccc(CC)cc1)c1cccc(OCC)c1. The van der Waals surface area contributed by atoms with Crippen molar-refractivity contribution in [1.29, 1.82) is 0 Å². The van der Waals surface area contributed by atoms with E-state index in [1.54, 1.807) is 0 Å². The molecule has 0 spiro atoms. The number of benzene rings is 2. The fourth-order valence-electron chi connectivity index (χ4n) is 2.01. The molecule has 0 amide bonds. The third-order valence-corrected chi connectivity index (χ3v) is 3.13. The van der Waals surface area contributed by atoms with Crippen molar-refractivity contribution in [2.45, 2.75) is 20.3 Å². The molecule has 2 rings (SSSR count). The van der Waals surface area contributed by atoms with Gasteiger partial charge in [-0.2, -0.15) is 0 Å². The molecule has 2 aromatic carbocycles. The molecule has 1 nitrogen and oxygen atoms in total. The molecule has 2 aromatic rings. The van der Waals surface area contributed by atoms with E-state index in [0.717, 1.165) is 28.9 Å². The minimum absolute atomic E-state index is 0.661. The summed E-state index contributed by atoms with van der Waals surface area (Å²) >= 11 is 0. The topological polar surface area (TPSA) is 9.23 Å². The zero-order valence-electron chi connectivity index (χ0n) is 11.5. The Morgan fingerprint density at radius 2 is 1.74 bits per heavy atom. The zero-order valence-corrected chi connectivity index (χ0v) is 11.5. The molecular formula is C18H19O. The van der Waals surface area contributed by atoms with Crippen LogP contribution in [-0.2, 0) is 6.42 Å². The van der Waals surface area contributed by atoms with E-state index in [2.05, 4.69) is 31.2 Å². The predicted molar refractivity (Wildman–Crippen MR) is 80.2 cm³/mol. The van der Waals surface area contributed by atoms with Crippen LogP contribution in [0.2, 0.25) is 0 Å². The summed E-state index contributed by atoms with van der Waals surface area (Å²) in [4.78, 5) is 0. The van der Waals surface area contributed by atoms with Gasteiger partial charge in [-0.1, -0.05) is 49.9 Å². The summed E-state index contributed by atoms with van der Waals surface area (Å²) in [6.07, 6.45) is 1.04. The third-order valence-electron chi connectivity index (χ3n) is 3.13. The molecule has 0 aliphatic rings. The second-order valence-electron chi connectivity index (χ2n) is 4.42. The van der Waals surface area contributed by atoms with Gasteiger partial charge in [-0.25, -0.2) is 0 Å². The lowest BCUT2D eigenvalue weighted by atomic mass is 9.98. The van der Waals surface area contributed by atoms with E-state index in [1.165, 1.54) is 5.56 Å². The summed E-state index contributed by atoms with van der Waals surface area (Å²) in [7, 11) is 0. The molecule has 0 saturated heterocycles. The Balaban J connectivity index is 2.24. The van der Waals surface area contributed by atoms with Crippen LogP contribution in [0.25, 0.3) is 5.57 Å². The molecule has 1 heteroatoms. The maximum atomic E-state index is 6.23. The number of ether oxygens (including phenoxy) is 1. The highest BCUT2D eigenvalue weighted by molar-refractivity contribution is 5.77. The Hall–Kier alpha value is -2.02. The van der Waals surface area contributed by atoms with Gasteiger partial charge in [0.25, 0.3) is 0 Å². The molecule has 0 unspecified atom stereocenters. The average molecular weight is 251 g/mol. The van der Waals surface area contributed by atoms with Crippen molar-refractivity contribution in [2.75, 3.05) is 6.61 Å². The maximum absolute atomic E-state index is 6.23. The Morgan fingerprint density at radius 1 is 1.00 bits per heavy atom. The van der Waals surface area contributed by atoms with Crippen LogP contribution in [0.3, 0.4) is 0 Å². The summed E-state index contributed by atoms with van der Waals surface area (Å²) in [5.74, 6) is 0.855. The highest BCUT2D eigenvalue weighted by Gasteiger charge is 2.04. The summed E-state index contributed by atoms with van der Waals surface area (Å²) in [6.45, 7) is 11.0. The Bertz CT molecular complexity index is 552. The minimum Gasteiger partial charge on any atom is -0.494 e. The lowest BCUT2D eigenvalue weighted by Crippen LogP contribution is -1.93. The summed E-state index contributed by atoms with van der Waals surface area (Å²) in [6, 6.07) is 16.3. The van der Waals surface area contributed by atoms with E-state index < -0.39 is 0 Å². The van der Waals surface area contributed by atoms with Crippen LogP contribution >= 0.6 is 0 Å². The molecule has 0 saturated carbocycles. The largest absolute Gasteiger partial charge is 0.494 e. The number of rotatable bonds is 5. The first-order valence-electron chi connectivity index (χ1n) is 6.69. The van der Waals surface area contributed by atoms with Gasteiger partial charge in [-0.15, -0.1) is 0 Å². The van der Waals surface area contributed by atoms with Crippen molar-refractivity contribution in [3.8, 4) is 5.75 Å². The van der Waals surface area contributed by atoms with Crippen LogP contribution in [0.5, 0.6) is 5.75 Å². The Kier molecular flexibility index (Phi) is 4.40. The normalized spacial score (nSPS) is 10.2. The van der Waals surface area contributed by atoms with Gasteiger partial charge in [0.2, 0.25) is 0 Å². The van der Waals surface area contributed by atoms with Gasteiger partial charge in [0.05, 0.1) is 6.61 Å². The smallest absolute Gasteiger partial charge is 0.119 e. The van der Waals surface area contributed by atoms with Crippen molar-refractivity contribution in [3.63, 3.8) is 0 Å². The fourth-order valence-corrected chi connectivity index (χ4v) is 2.01. The van der Waals surface area contributed by atoms with Crippen molar-refractivity contribution < 1.29 is 4.74 Å². The first-order chi connectivity index (χ1) is 9.24. The highest BCUT2D eigenvalue weighted by atomic mass is 16.5. The first-order valence-corrected chi connectivity index (χ1v) is 6.69. The quantitative estimate of drug-likeness (QED) is 0.759.